The Morgan fingerprint density at radius 3 is 2.84 bits per heavy atom. The predicted octanol–water partition coefficient (Wildman–Crippen LogP) is 1.57. The summed E-state index contributed by atoms with van der Waals surface area (Å²) in [4.78, 5) is 11.7. The zero-order chi connectivity index (χ0) is 14.1. The molecule has 0 saturated carbocycles. The maximum absolute atomic E-state index is 11.7. The number of carbonyl (C=O) groups excluding carboxylic acids is 1. The van der Waals surface area contributed by atoms with Crippen LogP contribution in [0.3, 0.4) is 0 Å². The molecule has 5 nitrogen and oxygen atoms in total. The summed E-state index contributed by atoms with van der Waals surface area (Å²) in [5.41, 5.74) is -0.818. The molecule has 1 atom stereocenters. The molecule has 0 radical (unpaired) electrons. The minimum Gasteiger partial charge on any atom is -0.388 e. The average Bonchev–Trinajstić information content (AvgIpc) is 2.38. The van der Waals surface area contributed by atoms with E-state index in [0.29, 0.717) is 26.1 Å². The Hall–Kier alpha value is -1.07. The van der Waals surface area contributed by atoms with E-state index in [2.05, 4.69) is 17.2 Å². The van der Waals surface area contributed by atoms with Crippen LogP contribution in [0.5, 0.6) is 0 Å². The number of unbranched alkanes of at least 4 members (excludes halogenated alkanes) is 1. The van der Waals surface area contributed by atoms with E-state index in [0.717, 1.165) is 19.3 Å². The van der Waals surface area contributed by atoms with Gasteiger partial charge in [-0.25, -0.2) is 4.79 Å². The molecular formula is C14H26N2O3. The topological polar surface area (TPSA) is 70.6 Å². The second-order valence-electron chi connectivity index (χ2n) is 5.28. The van der Waals surface area contributed by atoms with Crippen molar-refractivity contribution < 1.29 is 14.6 Å². The molecule has 5 heteroatoms. The second kappa shape index (κ2) is 8.17. The van der Waals surface area contributed by atoms with Gasteiger partial charge >= 0.3 is 6.03 Å². The van der Waals surface area contributed by atoms with Gasteiger partial charge in [-0.15, -0.1) is 6.58 Å². The lowest BCUT2D eigenvalue weighted by Crippen LogP contribution is -2.50. The van der Waals surface area contributed by atoms with Crippen LogP contribution in [-0.2, 0) is 4.74 Å². The minimum absolute atomic E-state index is 0.129. The number of nitrogens with one attached hydrogen (secondary N) is 2. The van der Waals surface area contributed by atoms with Crippen molar-refractivity contribution >= 4 is 6.03 Å². The molecule has 1 fully saturated rings. The first-order valence-corrected chi connectivity index (χ1v) is 7.01. The van der Waals surface area contributed by atoms with E-state index in [1.54, 1.807) is 0 Å². The number of rotatable bonds is 7. The molecule has 3 N–H and O–H groups in total. The van der Waals surface area contributed by atoms with Gasteiger partial charge in [-0.05, 0) is 26.2 Å². The molecule has 1 rings (SSSR count). The Labute approximate surface area is 115 Å². The standard InChI is InChI=1S/C14H26N2O3/c1-3-4-5-6-12(2)16-13(17)15-11-14(18)7-9-19-10-8-14/h3,12,18H,1,4-11H2,2H3,(H2,15,16,17). The normalized spacial score (nSPS) is 19.5. The van der Waals surface area contributed by atoms with Gasteiger partial charge in [0.25, 0.3) is 0 Å². The van der Waals surface area contributed by atoms with E-state index in [9.17, 15) is 9.90 Å². The van der Waals surface area contributed by atoms with E-state index < -0.39 is 5.60 Å². The summed E-state index contributed by atoms with van der Waals surface area (Å²) in [6.45, 7) is 7.03. The summed E-state index contributed by atoms with van der Waals surface area (Å²) in [7, 11) is 0. The van der Waals surface area contributed by atoms with Crippen LogP contribution in [0.4, 0.5) is 4.79 Å². The Morgan fingerprint density at radius 1 is 1.53 bits per heavy atom. The lowest BCUT2D eigenvalue weighted by atomic mass is 9.94. The van der Waals surface area contributed by atoms with Crippen molar-refractivity contribution in [3.8, 4) is 0 Å². The summed E-state index contributed by atoms with van der Waals surface area (Å²) in [6, 6.07) is -0.0877. The van der Waals surface area contributed by atoms with Crippen molar-refractivity contribution in [2.75, 3.05) is 19.8 Å². The van der Waals surface area contributed by atoms with Crippen LogP contribution in [0.2, 0.25) is 0 Å². The first kappa shape index (κ1) is 16.0. The van der Waals surface area contributed by atoms with Gasteiger partial charge in [-0.2, -0.15) is 0 Å². The summed E-state index contributed by atoms with van der Waals surface area (Å²) < 4.78 is 5.19. The number of hydrogen-bond acceptors (Lipinski definition) is 3. The first-order valence-electron chi connectivity index (χ1n) is 7.01. The molecule has 0 aromatic carbocycles. The summed E-state index contributed by atoms with van der Waals surface area (Å²) in [5, 5.41) is 15.8. The van der Waals surface area contributed by atoms with Crippen molar-refractivity contribution in [1.29, 1.82) is 0 Å². The Kier molecular flexibility index (Phi) is 6.87. The minimum atomic E-state index is -0.818. The Morgan fingerprint density at radius 2 is 2.21 bits per heavy atom. The monoisotopic (exact) mass is 270 g/mol. The number of hydrogen-bond donors (Lipinski definition) is 3. The maximum atomic E-state index is 11.7. The van der Waals surface area contributed by atoms with Crippen molar-refractivity contribution in [3.63, 3.8) is 0 Å². The number of allylic oxidation sites excluding steroid dienone is 1. The molecule has 0 aromatic heterocycles. The van der Waals surface area contributed by atoms with Crippen LogP contribution in [0.1, 0.15) is 39.0 Å². The fraction of sp³-hybridized carbons (Fsp3) is 0.786. The number of carbonyl (C=O) groups is 1. The second-order valence-corrected chi connectivity index (χ2v) is 5.28. The lowest BCUT2D eigenvalue weighted by molar-refractivity contribution is -0.0600. The fourth-order valence-electron chi connectivity index (χ4n) is 2.09. The van der Waals surface area contributed by atoms with Crippen LogP contribution < -0.4 is 10.6 Å². The SMILES string of the molecule is C=CCCCC(C)NC(=O)NCC1(O)CCOCC1. The Bertz CT molecular complexity index is 288. The van der Waals surface area contributed by atoms with E-state index in [1.807, 2.05) is 13.0 Å². The van der Waals surface area contributed by atoms with Crippen LogP contribution in [0.15, 0.2) is 12.7 Å². The highest BCUT2D eigenvalue weighted by atomic mass is 16.5. The highest BCUT2D eigenvalue weighted by Gasteiger charge is 2.30. The molecule has 1 unspecified atom stereocenters. The third-order valence-electron chi connectivity index (χ3n) is 3.42. The smallest absolute Gasteiger partial charge is 0.315 e. The highest BCUT2D eigenvalue weighted by molar-refractivity contribution is 5.74. The molecule has 0 aromatic rings. The fourth-order valence-corrected chi connectivity index (χ4v) is 2.09. The molecule has 1 heterocycles. The summed E-state index contributed by atoms with van der Waals surface area (Å²) in [5.74, 6) is 0. The van der Waals surface area contributed by atoms with Crippen LogP contribution >= 0.6 is 0 Å². The van der Waals surface area contributed by atoms with Gasteiger partial charge in [0.05, 0.1) is 5.60 Å². The first-order chi connectivity index (χ1) is 9.06. The van der Waals surface area contributed by atoms with Crippen LogP contribution in [0, 0.1) is 0 Å². The average molecular weight is 270 g/mol. The number of ether oxygens (including phenoxy) is 1. The number of amides is 2. The van der Waals surface area contributed by atoms with Gasteiger partial charge in [-0.1, -0.05) is 6.08 Å². The largest absolute Gasteiger partial charge is 0.388 e. The molecule has 0 spiro atoms. The van der Waals surface area contributed by atoms with Crippen molar-refractivity contribution in [3.05, 3.63) is 12.7 Å². The highest BCUT2D eigenvalue weighted by Crippen LogP contribution is 2.19. The molecule has 1 aliphatic rings. The van der Waals surface area contributed by atoms with Gasteiger partial charge in [0.2, 0.25) is 0 Å². The molecule has 1 saturated heterocycles. The molecular weight excluding hydrogens is 244 g/mol. The quantitative estimate of drug-likeness (QED) is 0.486. The van der Waals surface area contributed by atoms with E-state index >= 15 is 0 Å². The van der Waals surface area contributed by atoms with Crippen molar-refractivity contribution in [1.82, 2.24) is 10.6 Å². The van der Waals surface area contributed by atoms with E-state index in [1.165, 1.54) is 0 Å². The molecule has 2 amide bonds. The number of aliphatic hydroxyl groups is 1. The molecule has 19 heavy (non-hydrogen) atoms. The van der Waals surface area contributed by atoms with Gasteiger partial charge in [0.15, 0.2) is 0 Å². The van der Waals surface area contributed by atoms with Crippen LogP contribution in [0.25, 0.3) is 0 Å². The van der Waals surface area contributed by atoms with E-state index in [-0.39, 0.29) is 18.6 Å². The number of urea groups is 1. The molecule has 110 valence electrons. The van der Waals surface area contributed by atoms with Gasteiger partial charge in [0.1, 0.15) is 0 Å². The van der Waals surface area contributed by atoms with Gasteiger partial charge in [-0.3, -0.25) is 0 Å². The third kappa shape index (κ3) is 6.59. The van der Waals surface area contributed by atoms with Crippen LogP contribution in [-0.4, -0.2) is 42.5 Å². The predicted molar refractivity (Wildman–Crippen MR) is 75.0 cm³/mol. The van der Waals surface area contributed by atoms with Gasteiger partial charge in [0, 0.05) is 38.6 Å². The maximum Gasteiger partial charge on any atom is 0.315 e. The summed E-state index contributed by atoms with van der Waals surface area (Å²) >= 11 is 0. The Balaban J connectivity index is 2.17. The molecule has 0 bridgehead atoms. The molecule has 1 aliphatic heterocycles. The summed E-state index contributed by atoms with van der Waals surface area (Å²) in [6.07, 6.45) is 5.94. The molecule has 0 aliphatic carbocycles. The van der Waals surface area contributed by atoms with E-state index in [4.69, 9.17) is 4.74 Å². The van der Waals surface area contributed by atoms with Gasteiger partial charge < -0.3 is 20.5 Å². The third-order valence-corrected chi connectivity index (χ3v) is 3.42. The van der Waals surface area contributed by atoms with Crippen molar-refractivity contribution in [2.45, 2.75) is 50.7 Å². The lowest BCUT2D eigenvalue weighted by Gasteiger charge is -2.32. The zero-order valence-corrected chi connectivity index (χ0v) is 11.8. The zero-order valence-electron chi connectivity index (χ0n) is 11.8. The van der Waals surface area contributed by atoms with Crippen molar-refractivity contribution in [2.24, 2.45) is 0 Å².